The number of nitrogens with two attached hydrogens (primary N) is 6. The number of benzene rings is 1. The standard InChI is InChI=1S/C22H26N8O13P2.C21H24FN9O12P2.C21H25N9O12P2S/c23-8-2-1-3-9-12(8)25-6-29(9)20-15(32)16-11(41-20)5-39-45(36,37)43-17-14(31)10(4-38-44(34,35)42-16)40-21(17)30-7-26-13-18(30)27-22(24)28-19(13)33;22-10-8-3-38-44(34,35)42-14-9(41-19(13(14)32)30-5-26-11-7(23)1-2-25-16(11)30)4-39-45(36,37)43-15(10)20(40-8)31-6-27-12-17(31)28-21(24)29-18(12)33;22-7-1-2-24-16-10(7)25-5-29(16)19-13(32)14-9(40-19)4-38-44(35,36)42-15-12(31)8(3-37-43(33,34)41-14)39-20(15)30-6-26-11-17(30)27-21(23)28-18(11)45/h1-3,6-7,10-11,14-17,20-21,31-32H,4-5,23H2,(H,34,35)(H,36,37)(H3,24,27,28,33);1-2,5-6,8-10,13-15,19-20,32H,3-4H2,(H2,23,25)(H,34,35)(H,36,37)(H3,24,28,29,33);1-2,5-6,8-9,12-15,19-20,31-32H,3-4H2,(H2,22,24)(H,33,34)(H,35,36)(H3,23,27,28,45)/t10-,11-,14-,15-,16-,17-,20-,21-;8-,9-,10+,13-,14-,15-,19-,20-;8-,9-,12-,13-,14-,15-,19-,20-/m111/s1. The zero-order valence-corrected chi connectivity index (χ0v) is 73.9. The Kier molecular flexibility index (Phi) is 24.9. The second kappa shape index (κ2) is 35.7. The van der Waals surface area contributed by atoms with Crippen LogP contribution in [0.25, 0.3) is 66.9 Å². The Balaban J connectivity index is 0.000000130. The molecule has 12 aromatic rings. The zero-order valence-electron chi connectivity index (χ0n) is 67.7. The number of nitrogens with zero attached hydrogens (tertiary/aromatic N) is 17. The van der Waals surface area contributed by atoms with Crippen molar-refractivity contribution in [2.24, 2.45) is 0 Å². The first-order valence-electron chi connectivity index (χ1n) is 39.4. The number of H-pyrrole nitrogens is 3. The van der Waals surface area contributed by atoms with Crippen molar-refractivity contribution in [2.75, 3.05) is 74.0 Å². The number of pyridine rings is 2. The number of hydrogen-bond acceptors (Lipinski definition) is 49. The summed E-state index contributed by atoms with van der Waals surface area (Å²) in [5.74, 6) is -0.662. The van der Waals surface area contributed by atoms with Crippen LogP contribution in [0.1, 0.15) is 37.4 Å². The van der Waals surface area contributed by atoms with Crippen LogP contribution in [0.3, 0.4) is 0 Å². The van der Waals surface area contributed by atoms with E-state index in [1.54, 1.807) is 18.2 Å². The number of hydrogen-bond donors (Lipinski definition) is 20. The van der Waals surface area contributed by atoms with E-state index < -0.39 is 245 Å². The molecule has 9 saturated heterocycles. The molecule has 0 amide bonds. The molecule has 0 saturated carbocycles. The van der Waals surface area contributed by atoms with Gasteiger partial charge in [0.2, 0.25) is 11.9 Å². The molecule has 0 radical (unpaired) electrons. The lowest BCUT2D eigenvalue weighted by molar-refractivity contribution is -0.0673. The summed E-state index contributed by atoms with van der Waals surface area (Å²) in [6.07, 6.45) is -28.3. The fourth-order valence-corrected chi connectivity index (χ4v) is 22.2. The molecule has 0 aliphatic carbocycles. The molecule has 63 nitrogen and oxygen atoms in total. The SMILES string of the molecule is Nc1nc(=S)c2ncn([C@@H]3O[C@@H]4COP(=O)(O)O[C@H]5[C@@H](O)[C@H](n6cnc7c(N)ccnc76)O[C@@H]5COP(=O)(O)O[C@@H]3[C@@H]4O)c2[nH]1.Nc1nc2c(ncn2[C@@H]2O[C@@H]3COP(=O)(O)O[C@H]4[C@@H](O)[C@H](n5cnc6c(N)cccc65)O[C@@H]4COP(=O)(O)O[C@@H]2[C@@H]3O)c(=O)[nH]1.Nc1nc2c(ncn2[C@@H]2O[C@@H]3COP(=O)(O)O[C@H]4[C@@H](O)[C@H](n5cnc6c(N)ccnc65)O[C@@H]4COP(=O)(O)O[C@@H]2[C@H]3F)c(=O)[nH]1. The van der Waals surface area contributed by atoms with E-state index in [0.29, 0.717) is 27.9 Å². The number of nitrogens with one attached hydrogen (secondary N) is 3. The molecular formula is C64H75FN26O37P6S. The number of aliphatic hydroxyl groups is 5. The number of anilines is 6. The Morgan fingerprint density at radius 3 is 1.11 bits per heavy atom. The third-order valence-corrected chi connectivity index (χ3v) is 28.6. The predicted octanol–water partition coefficient (Wildman–Crippen LogP) is -2.26. The van der Waals surface area contributed by atoms with Crippen molar-refractivity contribution in [3.05, 3.63) is 106 Å². The maximum atomic E-state index is 15.7. The van der Waals surface area contributed by atoms with Gasteiger partial charge in [0.05, 0.1) is 100 Å². The van der Waals surface area contributed by atoms with Crippen LogP contribution in [0.2, 0.25) is 0 Å². The van der Waals surface area contributed by atoms with Gasteiger partial charge >= 0.3 is 46.9 Å². The number of nitrogen functional groups attached to an aromatic ring is 6. The highest BCUT2D eigenvalue weighted by atomic mass is 32.1. The number of fused-ring (bicyclic) bond motifs is 15. The van der Waals surface area contributed by atoms with Crippen LogP contribution in [-0.2, 0) is 110 Å². The summed E-state index contributed by atoms with van der Waals surface area (Å²) in [4.78, 5) is 140. The van der Waals surface area contributed by atoms with Crippen LogP contribution in [-0.4, -0.2) is 302 Å². The van der Waals surface area contributed by atoms with Gasteiger partial charge in [-0.2, -0.15) is 9.97 Å². The maximum absolute atomic E-state index is 15.7. The van der Waals surface area contributed by atoms with Crippen molar-refractivity contribution in [2.45, 2.75) is 147 Å². The number of phosphoric acid groups is 6. The van der Waals surface area contributed by atoms with Crippen LogP contribution in [0.15, 0.2) is 90.3 Å². The third-order valence-electron chi connectivity index (χ3n) is 22.4. The van der Waals surface area contributed by atoms with Crippen LogP contribution in [0.5, 0.6) is 0 Å². The van der Waals surface area contributed by atoms with Crippen molar-refractivity contribution in [1.82, 2.24) is 97.2 Å². The number of aromatic nitrogens is 20. The second-order valence-electron chi connectivity index (χ2n) is 30.9. The average molecular weight is 2040 g/mol. The summed E-state index contributed by atoms with van der Waals surface area (Å²) in [6.45, 7) is -4.96. The van der Waals surface area contributed by atoms with E-state index in [1.165, 1.54) is 68.1 Å². The Hall–Kier alpha value is -9.65. The van der Waals surface area contributed by atoms with Gasteiger partial charge in [-0.1, -0.05) is 18.3 Å². The van der Waals surface area contributed by atoms with E-state index >= 15 is 4.39 Å². The first kappa shape index (κ1) is 94.3. The van der Waals surface area contributed by atoms with Gasteiger partial charge in [0.1, 0.15) is 131 Å². The van der Waals surface area contributed by atoms with Gasteiger partial charge in [-0.05, 0) is 24.3 Å². The number of ether oxygens (including phenoxy) is 6. The van der Waals surface area contributed by atoms with Crippen LogP contribution in [0, 0.1) is 4.64 Å². The molecule has 26 N–H and O–H groups in total. The molecule has 6 bridgehead atoms. The van der Waals surface area contributed by atoms with E-state index in [-0.39, 0.29) is 78.5 Å². The third kappa shape index (κ3) is 18.1. The molecule has 0 spiro atoms. The number of halogens is 1. The Morgan fingerprint density at radius 1 is 0.348 bits per heavy atom. The number of aliphatic hydroxyl groups excluding tert-OH is 5. The molecule has 71 heteroatoms. The molecule has 9 aliphatic heterocycles. The summed E-state index contributed by atoms with van der Waals surface area (Å²) in [5.41, 5.74) is 36.0. The Labute approximate surface area is 751 Å². The fourth-order valence-electron chi connectivity index (χ4n) is 16.3. The van der Waals surface area contributed by atoms with E-state index in [1.807, 2.05) is 0 Å². The quantitative estimate of drug-likeness (QED) is 0.0475. The first-order chi connectivity index (χ1) is 63.9. The summed E-state index contributed by atoms with van der Waals surface area (Å²) in [7, 11) is -30.5. The Bertz CT molecular complexity index is 6470. The van der Waals surface area contributed by atoms with Crippen LogP contribution in [0.4, 0.5) is 39.3 Å². The minimum Gasteiger partial charge on any atom is -0.397 e. The van der Waals surface area contributed by atoms with Gasteiger partial charge < -0.3 is 127 Å². The Morgan fingerprint density at radius 2 is 0.667 bits per heavy atom. The fraction of sp³-hybridized carbons (Fsp3) is 0.469. The van der Waals surface area contributed by atoms with Gasteiger partial charge in [0, 0.05) is 12.4 Å². The lowest BCUT2D eigenvalue weighted by atomic mass is 10.1. The van der Waals surface area contributed by atoms with Crippen LogP contribution < -0.4 is 45.5 Å². The van der Waals surface area contributed by atoms with E-state index in [2.05, 4.69) is 69.8 Å². The predicted molar refractivity (Wildman–Crippen MR) is 443 cm³/mol. The van der Waals surface area contributed by atoms with Crippen molar-refractivity contribution in [3.8, 4) is 0 Å². The van der Waals surface area contributed by atoms with E-state index in [0.717, 1.165) is 21.8 Å². The molecule has 6 unspecified atom stereocenters. The van der Waals surface area contributed by atoms with E-state index in [9.17, 15) is 91.9 Å². The molecule has 726 valence electrons. The van der Waals surface area contributed by atoms with Crippen molar-refractivity contribution >= 4 is 161 Å². The lowest BCUT2D eigenvalue weighted by Gasteiger charge is -2.26. The number of imidazole rings is 6. The topological polar surface area (TPSA) is 900 Å². The highest BCUT2D eigenvalue weighted by Gasteiger charge is 2.59. The number of rotatable bonds is 6. The molecular weight excluding hydrogens is 1960 g/mol. The maximum Gasteiger partial charge on any atom is 0.472 e. The summed E-state index contributed by atoms with van der Waals surface area (Å²) in [5, 5.41) is 55.5. The number of aromatic amines is 3. The second-order valence-corrected chi connectivity index (χ2v) is 39.8. The molecule has 135 heavy (non-hydrogen) atoms. The van der Waals surface area contributed by atoms with Gasteiger partial charge in [-0.15, -0.1) is 0 Å². The number of phosphoric ester groups is 6. The molecule has 9 fully saturated rings. The molecule has 9 aliphatic rings. The monoisotopic (exact) mass is 2040 g/mol. The van der Waals surface area contributed by atoms with Crippen molar-refractivity contribution in [1.29, 1.82) is 0 Å². The van der Waals surface area contributed by atoms with Crippen molar-refractivity contribution in [3.63, 3.8) is 0 Å². The van der Waals surface area contributed by atoms with Crippen molar-refractivity contribution < 1.29 is 169 Å². The average Bonchev–Trinajstić information content (AvgIpc) is 1.62. The number of para-hydroxylation sites is 1. The lowest BCUT2D eigenvalue weighted by Crippen LogP contribution is -2.36. The van der Waals surface area contributed by atoms with Gasteiger partial charge in [0.15, 0.2) is 87.8 Å². The van der Waals surface area contributed by atoms with Gasteiger partial charge in [-0.3, -0.25) is 96.7 Å². The van der Waals surface area contributed by atoms with Gasteiger partial charge in [0.25, 0.3) is 11.1 Å². The highest BCUT2D eigenvalue weighted by molar-refractivity contribution is 7.71. The highest BCUT2D eigenvalue weighted by Crippen LogP contribution is 2.59. The van der Waals surface area contributed by atoms with Crippen LogP contribution >= 0.6 is 59.2 Å². The minimum absolute atomic E-state index is 0.0436. The van der Waals surface area contributed by atoms with E-state index in [4.69, 9.17) is 129 Å². The largest absolute Gasteiger partial charge is 0.472 e. The normalized spacial score (nSPS) is 37.7. The van der Waals surface area contributed by atoms with Gasteiger partial charge in [-0.25, -0.2) is 76.6 Å². The zero-order chi connectivity index (χ0) is 95.5. The molecule has 21 rings (SSSR count). The summed E-state index contributed by atoms with van der Waals surface area (Å²) in [6, 6.07) is 7.94. The smallest absolute Gasteiger partial charge is 0.397 e. The molecule has 1 aromatic carbocycles. The molecule has 20 heterocycles. The minimum atomic E-state index is -5.19. The molecule has 11 aromatic heterocycles. The first-order valence-corrected chi connectivity index (χ1v) is 48.8. The summed E-state index contributed by atoms with van der Waals surface area (Å²) >= 11 is 5.19. The number of alkyl halides is 1. The molecule has 30 atom stereocenters. The summed E-state index contributed by atoms with van der Waals surface area (Å²) < 4.78 is 199.